The van der Waals surface area contributed by atoms with Crippen LogP contribution >= 0.6 is 0 Å². The van der Waals surface area contributed by atoms with Crippen LogP contribution in [0.5, 0.6) is 0 Å². The Balaban J connectivity index is 3.65. The van der Waals surface area contributed by atoms with Crippen LogP contribution < -0.4 is 0 Å². The fraction of sp³-hybridized carbons (Fsp3) is 0.800. The average molecular weight is 167 g/mol. The fourth-order valence-electron chi connectivity index (χ4n) is 1.33. The van der Waals surface area contributed by atoms with Crippen LogP contribution in [0.4, 0.5) is 0 Å². The zero-order chi connectivity index (χ0) is 9.40. The molecular formula is C10H17NO. The average Bonchev–Trinajstić information content (AvgIpc) is 2.03. The third kappa shape index (κ3) is 4.90. The van der Waals surface area contributed by atoms with Gasteiger partial charge in [0.05, 0.1) is 6.07 Å². The fourth-order valence-corrected chi connectivity index (χ4v) is 1.33. The van der Waals surface area contributed by atoms with E-state index < -0.39 is 0 Å². The SMILES string of the molecule is CCCC(CCCC#N)C(C)=O. The molecule has 12 heavy (non-hydrogen) atoms. The quantitative estimate of drug-likeness (QED) is 0.571. The lowest BCUT2D eigenvalue weighted by atomic mass is 9.94. The number of ketones is 1. The molecule has 0 rings (SSSR count). The summed E-state index contributed by atoms with van der Waals surface area (Å²) in [6, 6.07) is 2.09. The summed E-state index contributed by atoms with van der Waals surface area (Å²) in [4.78, 5) is 11.0. The number of Topliss-reactive ketones (excluding diaryl/α,β-unsaturated/α-hetero) is 1. The van der Waals surface area contributed by atoms with Crippen LogP contribution in [0.25, 0.3) is 0 Å². The van der Waals surface area contributed by atoms with Gasteiger partial charge in [-0.15, -0.1) is 0 Å². The standard InChI is InChI=1S/C10H17NO/c1-3-6-10(9(2)12)7-4-5-8-11/h10H,3-7H2,1-2H3. The molecule has 0 aliphatic rings. The first-order valence-corrected chi connectivity index (χ1v) is 4.59. The van der Waals surface area contributed by atoms with Gasteiger partial charge in [-0.25, -0.2) is 0 Å². The van der Waals surface area contributed by atoms with Crippen molar-refractivity contribution in [2.75, 3.05) is 0 Å². The van der Waals surface area contributed by atoms with Crippen LogP contribution in [0.3, 0.4) is 0 Å². The summed E-state index contributed by atoms with van der Waals surface area (Å²) in [5.74, 6) is 0.470. The molecule has 0 aliphatic heterocycles. The van der Waals surface area contributed by atoms with Crippen LogP contribution in [0.15, 0.2) is 0 Å². The van der Waals surface area contributed by atoms with Gasteiger partial charge in [0.1, 0.15) is 5.78 Å². The maximum Gasteiger partial charge on any atom is 0.132 e. The highest BCUT2D eigenvalue weighted by molar-refractivity contribution is 5.78. The molecule has 1 atom stereocenters. The minimum atomic E-state index is 0.198. The summed E-state index contributed by atoms with van der Waals surface area (Å²) in [6.45, 7) is 3.73. The summed E-state index contributed by atoms with van der Waals surface area (Å²) in [6.07, 6.45) is 4.35. The molecule has 0 saturated carbocycles. The lowest BCUT2D eigenvalue weighted by Crippen LogP contribution is -2.10. The second-order valence-electron chi connectivity index (χ2n) is 3.15. The molecule has 0 fully saturated rings. The number of nitriles is 1. The lowest BCUT2D eigenvalue weighted by molar-refractivity contribution is -0.121. The predicted octanol–water partition coefficient (Wildman–Crippen LogP) is 2.69. The number of nitrogens with zero attached hydrogens (tertiary/aromatic N) is 1. The summed E-state index contributed by atoms with van der Waals surface area (Å²) in [7, 11) is 0. The second kappa shape index (κ2) is 6.84. The molecule has 0 radical (unpaired) electrons. The molecule has 1 unspecified atom stereocenters. The first-order chi connectivity index (χ1) is 5.72. The van der Waals surface area contributed by atoms with Gasteiger partial charge in [0, 0.05) is 12.3 Å². The van der Waals surface area contributed by atoms with Gasteiger partial charge in [-0.2, -0.15) is 5.26 Å². The van der Waals surface area contributed by atoms with Gasteiger partial charge >= 0.3 is 0 Å². The smallest absolute Gasteiger partial charge is 0.132 e. The van der Waals surface area contributed by atoms with Crippen molar-refractivity contribution in [1.29, 1.82) is 5.26 Å². The first-order valence-electron chi connectivity index (χ1n) is 4.59. The topological polar surface area (TPSA) is 40.9 Å². The Morgan fingerprint density at radius 2 is 2.17 bits per heavy atom. The Hall–Kier alpha value is -0.840. The number of hydrogen-bond donors (Lipinski definition) is 0. The van der Waals surface area contributed by atoms with E-state index in [1.165, 1.54) is 0 Å². The van der Waals surface area contributed by atoms with E-state index >= 15 is 0 Å². The summed E-state index contributed by atoms with van der Waals surface area (Å²) >= 11 is 0. The second-order valence-corrected chi connectivity index (χ2v) is 3.15. The Morgan fingerprint density at radius 3 is 2.58 bits per heavy atom. The molecule has 0 heterocycles. The van der Waals surface area contributed by atoms with Gasteiger partial charge < -0.3 is 0 Å². The normalized spacial score (nSPS) is 12.1. The van der Waals surface area contributed by atoms with Gasteiger partial charge in [0.25, 0.3) is 0 Å². The third-order valence-corrected chi connectivity index (χ3v) is 2.05. The molecule has 68 valence electrons. The van der Waals surface area contributed by atoms with Crippen LogP contribution in [-0.2, 0) is 4.79 Å². The van der Waals surface area contributed by atoms with Crippen molar-refractivity contribution in [3.8, 4) is 6.07 Å². The summed E-state index contributed by atoms with van der Waals surface area (Å²) in [5, 5.41) is 8.31. The van der Waals surface area contributed by atoms with Crippen molar-refractivity contribution >= 4 is 5.78 Å². The highest BCUT2D eigenvalue weighted by atomic mass is 16.1. The molecule has 0 bridgehead atoms. The minimum Gasteiger partial charge on any atom is -0.300 e. The van der Waals surface area contributed by atoms with Gasteiger partial charge in [0.2, 0.25) is 0 Å². The van der Waals surface area contributed by atoms with Gasteiger partial charge in [0.15, 0.2) is 0 Å². The predicted molar refractivity (Wildman–Crippen MR) is 48.5 cm³/mol. The van der Waals surface area contributed by atoms with Gasteiger partial charge in [-0.1, -0.05) is 13.3 Å². The number of unbranched alkanes of at least 4 members (excludes halogenated alkanes) is 1. The maximum absolute atomic E-state index is 11.0. The van der Waals surface area contributed by atoms with Gasteiger partial charge in [-0.05, 0) is 26.2 Å². The van der Waals surface area contributed by atoms with E-state index in [1.54, 1.807) is 6.92 Å². The van der Waals surface area contributed by atoms with Crippen LogP contribution in [0.1, 0.15) is 46.0 Å². The van der Waals surface area contributed by atoms with Crippen molar-refractivity contribution in [3.63, 3.8) is 0 Å². The van der Waals surface area contributed by atoms with Crippen molar-refractivity contribution in [1.82, 2.24) is 0 Å². The largest absolute Gasteiger partial charge is 0.300 e. The highest BCUT2D eigenvalue weighted by Gasteiger charge is 2.11. The molecule has 0 aromatic heterocycles. The number of rotatable bonds is 6. The first kappa shape index (κ1) is 11.2. The summed E-state index contributed by atoms with van der Waals surface area (Å²) < 4.78 is 0. The Morgan fingerprint density at radius 1 is 1.50 bits per heavy atom. The van der Waals surface area contributed by atoms with E-state index in [1.807, 2.05) is 0 Å². The van der Waals surface area contributed by atoms with Crippen LogP contribution in [0.2, 0.25) is 0 Å². The van der Waals surface area contributed by atoms with Crippen molar-refractivity contribution in [2.45, 2.75) is 46.0 Å². The molecule has 2 heteroatoms. The highest BCUT2D eigenvalue weighted by Crippen LogP contribution is 2.15. The Bertz CT molecular complexity index is 169. The van der Waals surface area contributed by atoms with Crippen LogP contribution in [0, 0.1) is 17.2 Å². The third-order valence-electron chi connectivity index (χ3n) is 2.05. The van der Waals surface area contributed by atoms with E-state index in [0.29, 0.717) is 6.42 Å². The number of hydrogen-bond acceptors (Lipinski definition) is 2. The maximum atomic E-state index is 11.0. The molecule has 0 saturated heterocycles. The zero-order valence-corrected chi connectivity index (χ0v) is 7.97. The van der Waals surface area contributed by atoms with E-state index in [4.69, 9.17) is 5.26 Å². The molecule has 0 amide bonds. The van der Waals surface area contributed by atoms with E-state index in [-0.39, 0.29) is 11.7 Å². The molecule has 0 N–H and O–H groups in total. The monoisotopic (exact) mass is 167 g/mol. The van der Waals surface area contributed by atoms with E-state index in [0.717, 1.165) is 25.7 Å². The molecular weight excluding hydrogens is 150 g/mol. The van der Waals surface area contributed by atoms with Crippen molar-refractivity contribution in [2.24, 2.45) is 5.92 Å². The van der Waals surface area contributed by atoms with Gasteiger partial charge in [-0.3, -0.25) is 4.79 Å². The molecule has 0 spiro atoms. The van der Waals surface area contributed by atoms with E-state index in [9.17, 15) is 4.79 Å². The molecule has 0 aliphatic carbocycles. The van der Waals surface area contributed by atoms with Crippen molar-refractivity contribution in [3.05, 3.63) is 0 Å². The number of carbonyl (C=O) groups is 1. The van der Waals surface area contributed by atoms with E-state index in [2.05, 4.69) is 13.0 Å². The molecule has 0 aromatic rings. The number of carbonyl (C=O) groups excluding carboxylic acids is 1. The summed E-state index contributed by atoms with van der Waals surface area (Å²) in [5.41, 5.74) is 0. The molecule has 0 aromatic carbocycles. The van der Waals surface area contributed by atoms with Crippen molar-refractivity contribution < 1.29 is 4.79 Å². The zero-order valence-electron chi connectivity index (χ0n) is 7.97. The lowest BCUT2D eigenvalue weighted by Gasteiger charge is -2.10. The van der Waals surface area contributed by atoms with Crippen LogP contribution in [-0.4, -0.2) is 5.78 Å². The minimum absolute atomic E-state index is 0.198. The Labute approximate surface area is 74.6 Å². The Kier molecular flexibility index (Phi) is 6.37. The molecule has 2 nitrogen and oxygen atoms in total.